The normalized spacial score (nSPS) is 11.8. The molecule has 0 bridgehead atoms. The number of carbonyl (C=O) groups is 1. The summed E-state index contributed by atoms with van der Waals surface area (Å²) in [6.45, 7) is 3.24. The molecule has 2 N–H and O–H groups in total. The lowest BCUT2D eigenvalue weighted by atomic mass is 10.1. The van der Waals surface area contributed by atoms with Crippen molar-refractivity contribution in [2.24, 2.45) is 0 Å². The Morgan fingerprint density at radius 3 is 2.67 bits per heavy atom. The molecular weight excluding hydrogens is 373 g/mol. The number of rotatable bonds is 6. The Labute approximate surface area is 155 Å². The maximum absolute atomic E-state index is 14.0. The summed E-state index contributed by atoms with van der Waals surface area (Å²) in [4.78, 5) is 11.1. The largest absolute Gasteiger partial charge is 0.475 e. The third kappa shape index (κ3) is 3.72. The van der Waals surface area contributed by atoms with Crippen molar-refractivity contribution in [3.63, 3.8) is 0 Å². The van der Waals surface area contributed by atoms with Gasteiger partial charge in [-0.15, -0.1) is 0 Å². The van der Waals surface area contributed by atoms with Gasteiger partial charge in [0.05, 0.1) is 4.90 Å². The Morgan fingerprint density at radius 1 is 1.22 bits per heavy atom. The van der Waals surface area contributed by atoms with E-state index in [1.165, 1.54) is 18.2 Å². The molecule has 0 fully saturated rings. The number of furan rings is 1. The van der Waals surface area contributed by atoms with Gasteiger partial charge in [-0.3, -0.25) is 0 Å². The Balaban J connectivity index is 1.81. The number of fused-ring (bicyclic) bond motifs is 1. The lowest BCUT2D eigenvalue weighted by Gasteiger charge is -2.08. The summed E-state index contributed by atoms with van der Waals surface area (Å²) in [5.74, 6) is -1.78. The number of carboxylic acid groups (broad SMARTS) is 1. The minimum absolute atomic E-state index is 0.0134. The summed E-state index contributed by atoms with van der Waals surface area (Å²) >= 11 is 0. The van der Waals surface area contributed by atoms with Gasteiger partial charge in [-0.1, -0.05) is 18.2 Å². The molecule has 0 aliphatic rings. The van der Waals surface area contributed by atoms with Crippen LogP contribution in [0.2, 0.25) is 0 Å². The lowest BCUT2D eigenvalue weighted by molar-refractivity contribution is 0.0664. The highest BCUT2D eigenvalue weighted by Gasteiger charge is 2.20. The van der Waals surface area contributed by atoms with E-state index in [1.807, 2.05) is 0 Å². The molecule has 0 saturated heterocycles. The van der Waals surface area contributed by atoms with Crippen molar-refractivity contribution in [1.29, 1.82) is 0 Å². The van der Waals surface area contributed by atoms with Crippen LogP contribution in [0.3, 0.4) is 0 Å². The number of aryl methyl sites for hydroxylation is 2. The van der Waals surface area contributed by atoms with E-state index in [9.17, 15) is 17.6 Å². The number of nitrogens with one attached hydrogen (secondary N) is 1. The molecule has 142 valence electrons. The Morgan fingerprint density at radius 2 is 1.96 bits per heavy atom. The molecule has 0 aliphatic heterocycles. The van der Waals surface area contributed by atoms with Gasteiger partial charge < -0.3 is 9.52 Å². The van der Waals surface area contributed by atoms with Gasteiger partial charge in [0.25, 0.3) is 0 Å². The van der Waals surface area contributed by atoms with E-state index in [2.05, 4.69) is 4.72 Å². The van der Waals surface area contributed by atoms with E-state index in [0.29, 0.717) is 27.7 Å². The quantitative estimate of drug-likeness (QED) is 0.671. The average molecular weight is 391 g/mol. The summed E-state index contributed by atoms with van der Waals surface area (Å²) in [6, 6.07) is 9.12. The van der Waals surface area contributed by atoms with Gasteiger partial charge in [0.2, 0.25) is 15.8 Å². The van der Waals surface area contributed by atoms with Crippen LogP contribution in [-0.2, 0) is 16.4 Å². The second kappa shape index (κ2) is 7.13. The first-order valence-corrected chi connectivity index (χ1v) is 9.69. The molecule has 3 rings (SSSR count). The van der Waals surface area contributed by atoms with Gasteiger partial charge >= 0.3 is 5.97 Å². The van der Waals surface area contributed by atoms with Crippen LogP contribution in [0.4, 0.5) is 4.39 Å². The zero-order valence-corrected chi connectivity index (χ0v) is 15.6. The first kappa shape index (κ1) is 19.1. The molecular formula is C19H18FNO5S. The molecule has 0 aliphatic carbocycles. The fraction of sp³-hybridized carbons (Fsp3) is 0.211. The zero-order chi connectivity index (χ0) is 19.8. The Bertz CT molecular complexity index is 1130. The Kier molecular flexibility index (Phi) is 5.03. The van der Waals surface area contributed by atoms with Gasteiger partial charge in [0.1, 0.15) is 11.4 Å². The smallest absolute Gasteiger partial charge is 0.372 e. The maximum atomic E-state index is 14.0. The molecule has 6 nitrogen and oxygen atoms in total. The first-order valence-electron chi connectivity index (χ1n) is 8.21. The van der Waals surface area contributed by atoms with Gasteiger partial charge in [0, 0.05) is 17.5 Å². The van der Waals surface area contributed by atoms with Gasteiger partial charge in [0.15, 0.2) is 0 Å². The predicted octanol–water partition coefficient (Wildman–Crippen LogP) is 3.41. The van der Waals surface area contributed by atoms with Crippen LogP contribution >= 0.6 is 0 Å². The lowest BCUT2D eigenvalue weighted by Crippen LogP contribution is -2.26. The molecule has 27 heavy (non-hydrogen) atoms. The molecule has 2 aromatic carbocycles. The molecule has 0 spiro atoms. The van der Waals surface area contributed by atoms with Crippen molar-refractivity contribution < 1.29 is 27.1 Å². The third-order valence-electron chi connectivity index (χ3n) is 4.37. The molecule has 8 heteroatoms. The second-order valence-electron chi connectivity index (χ2n) is 6.22. The molecule has 0 atom stereocenters. The zero-order valence-electron chi connectivity index (χ0n) is 14.7. The molecule has 1 aromatic heterocycles. The Hall–Kier alpha value is -2.71. The van der Waals surface area contributed by atoms with Crippen LogP contribution < -0.4 is 4.72 Å². The number of benzene rings is 2. The van der Waals surface area contributed by atoms with E-state index in [4.69, 9.17) is 9.52 Å². The maximum Gasteiger partial charge on any atom is 0.372 e. The van der Waals surface area contributed by atoms with E-state index < -0.39 is 16.0 Å². The summed E-state index contributed by atoms with van der Waals surface area (Å²) < 4.78 is 46.7. The summed E-state index contributed by atoms with van der Waals surface area (Å²) in [6.07, 6.45) is 0.211. The van der Waals surface area contributed by atoms with Gasteiger partial charge in [-0.2, -0.15) is 0 Å². The topological polar surface area (TPSA) is 96.6 Å². The highest BCUT2D eigenvalue weighted by atomic mass is 32.2. The minimum atomic E-state index is -3.83. The fourth-order valence-electron chi connectivity index (χ4n) is 2.88. The van der Waals surface area contributed by atoms with Crippen LogP contribution in [0.1, 0.15) is 27.2 Å². The number of hydrogen-bond donors (Lipinski definition) is 2. The number of hydrogen-bond acceptors (Lipinski definition) is 4. The van der Waals surface area contributed by atoms with E-state index in [1.54, 1.807) is 32.0 Å². The van der Waals surface area contributed by atoms with Crippen molar-refractivity contribution in [3.8, 4) is 0 Å². The highest BCUT2D eigenvalue weighted by molar-refractivity contribution is 7.89. The van der Waals surface area contributed by atoms with Crippen molar-refractivity contribution >= 4 is 27.0 Å². The first-order chi connectivity index (χ1) is 12.7. The monoisotopic (exact) mass is 391 g/mol. The second-order valence-corrected chi connectivity index (χ2v) is 7.98. The van der Waals surface area contributed by atoms with Crippen molar-refractivity contribution in [1.82, 2.24) is 4.72 Å². The summed E-state index contributed by atoms with van der Waals surface area (Å²) in [7, 11) is -3.83. The average Bonchev–Trinajstić information content (AvgIpc) is 2.95. The number of halogens is 1. The molecule has 1 heterocycles. The van der Waals surface area contributed by atoms with Crippen LogP contribution in [0.25, 0.3) is 11.0 Å². The SMILES string of the molecule is Cc1cccc(CCNS(=O)(=O)c2ccc3oc(C(=O)O)c(C)c3c2)c1F. The molecule has 0 saturated carbocycles. The molecule has 0 radical (unpaired) electrons. The van der Waals surface area contributed by atoms with Crippen molar-refractivity contribution in [3.05, 3.63) is 64.7 Å². The highest BCUT2D eigenvalue weighted by Crippen LogP contribution is 2.27. The summed E-state index contributed by atoms with van der Waals surface area (Å²) in [5.41, 5.74) is 1.59. The van der Waals surface area contributed by atoms with E-state index in [0.717, 1.165) is 0 Å². The van der Waals surface area contributed by atoms with E-state index >= 15 is 0 Å². The van der Waals surface area contributed by atoms with Crippen molar-refractivity contribution in [2.75, 3.05) is 6.54 Å². The van der Waals surface area contributed by atoms with Gasteiger partial charge in [-0.05, 0) is 49.6 Å². The number of sulfonamides is 1. The fourth-order valence-corrected chi connectivity index (χ4v) is 3.93. The predicted molar refractivity (Wildman–Crippen MR) is 97.9 cm³/mol. The van der Waals surface area contributed by atoms with Crippen LogP contribution in [0, 0.1) is 19.7 Å². The molecule has 0 unspecified atom stereocenters. The standard InChI is InChI=1S/C19H18FNO5S/c1-11-4-3-5-13(17(11)20)8-9-21-27(24,25)14-6-7-16-15(10-14)12(2)18(26-16)19(22)23/h3-7,10,21H,8-9H2,1-2H3,(H,22,23). The molecule has 0 amide bonds. The van der Waals surface area contributed by atoms with Crippen LogP contribution in [0.5, 0.6) is 0 Å². The van der Waals surface area contributed by atoms with Crippen molar-refractivity contribution in [2.45, 2.75) is 25.2 Å². The van der Waals surface area contributed by atoms with E-state index in [-0.39, 0.29) is 29.4 Å². The third-order valence-corrected chi connectivity index (χ3v) is 5.83. The summed E-state index contributed by atoms with van der Waals surface area (Å²) in [5, 5.41) is 9.52. The minimum Gasteiger partial charge on any atom is -0.475 e. The number of aromatic carboxylic acids is 1. The molecule has 3 aromatic rings. The van der Waals surface area contributed by atoms with Crippen LogP contribution in [0.15, 0.2) is 45.7 Å². The number of carboxylic acids is 1. The van der Waals surface area contributed by atoms with Gasteiger partial charge in [-0.25, -0.2) is 22.3 Å². The van der Waals surface area contributed by atoms with Crippen LogP contribution in [-0.4, -0.2) is 26.0 Å².